The van der Waals surface area contributed by atoms with Gasteiger partial charge in [-0.3, -0.25) is 4.18 Å². The second kappa shape index (κ2) is 7.15. The van der Waals surface area contributed by atoms with Gasteiger partial charge in [0.2, 0.25) is 0 Å². The fraction of sp³-hybridized carbons (Fsp3) is 0.333. The van der Waals surface area contributed by atoms with Crippen LogP contribution < -0.4 is 4.74 Å². The van der Waals surface area contributed by atoms with Crippen LogP contribution in [0.25, 0.3) is 6.08 Å². The number of para-hydroxylation sites is 1. The van der Waals surface area contributed by atoms with Gasteiger partial charge < -0.3 is 4.74 Å². The molecule has 0 aliphatic heterocycles. The van der Waals surface area contributed by atoms with Crippen LogP contribution in [0.2, 0.25) is 0 Å². The van der Waals surface area contributed by atoms with Crippen molar-refractivity contribution in [3.05, 3.63) is 35.9 Å². The van der Waals surface area contributed by atoms with Gasteiger partial charge in [0.15, 0.2) is 0 Å². The first-order valence-corrected chi connectivity index (χ1v) is 6.72. The highest BCUT2D eigenvalue weighted by Gasteiger charge is 2.08. The Morgan fingerprint density at radius 2 is 1.94 bits per heavy atom. The topological polar surface area (TPSA) is 61.8 Å². The van der Waals surface area contributed by atoms with Gasteiger partial charge in [0, 0.05) is 5.56 Å². The highest BCUT2D eigenvalue weighted by Crippen LogP contribution is 2.19. The van der Waals surface area contributed by atoms with Crippen molar-refractivity contribution in [2.45, 2.75) is 6.92 Å². The summed E-state index contributed by atoms with van der Waals surface area (Å²) in [7, 11) is -2.85. The van der Waals surface area contributed by atoms with E-state index in [1.165, 1.54) is 0 Å². The van der Waals surface area contributed by atoms with Crippen LogP contribution in [0.5, 0.6) is 5.75 Å². The zero-order chi connectivity index (χ0) is 13.4. The van der Waals surface area contributed by atoms with Crippen molar-refractivity contribution < 1.29 is 21.5 Å². The molecule has 0 bridgehead atoms. The maximum Gasteiger partial charge on any atom is 0.399 e. The first-order chi connectivity index (χ1) is 8.59. The lowest BCUT2D eigenvalue weighted by Crippen LogP contribution is -2.13. The van der Waals surface area contributed by atoms with Crippen molar-refractivity contribution in [2.24, 2.45) is 0 Å². The standard InChI is InChI=1S/C12H16O5S/c1-3-6-11-7-4-5-8-12(11)16-9-10-17-18(13,14)15-2/h3-8H,9-10H2,1-2H3/b6-3+. The minimum atomic E-state index is -3.89. The lowest BCUT2D eigenvalue weighted by molar-refractivity contribution is 0.191. The lowest BCUT2D eigenvalue weighted by atomic mass is 10.2. The van der Waals surface area contributed by atoms with Crippen molar-refractivity contribution in [2.75, 3.05) is 20.3 Å². The summed E-state index contributed by atoms with van der Waals surface area (Å²) in [6.07, 6.45) is 3.80. The van der Waals surface area contributed by atoms with Gasteiger partial charge in [0.25, 0.3) is 0 Å². The van der Waals surface area contributed by atoms with Crippen LogP contribution in [-0.2, 0) is 18.8 Å². The third-order valence-electron chi connectivity index (χ3n) is 2.04. The summed E-state index contributed by atoms with van der Waals surface area (Å²) in [6, 6.07) is 7.45. The summed E-state index contributed by atoms with van der Waals surface area (Å²) in [5.74, 6) is 0.675. The molecule has 6 heteroatoms. The van der Waals surface area contributed by atoms with Crippen molar-refractivity contribution in [3.8, 4) is 5.75 Å². The molecule has 0 spiro atoms. The van der Waals surface area contributed by atoms with E-state index in [1.54, 1.807) is 6.07 Å². The quantitative estimate of drug-likeness (QED) is 0.710. The Labute approximate surface area is 107 Å². The molecule has 0 saturated carbocycles. The van der Waals surface area contributed by atoms with Crippen LogP contribution in [0.4, 0.5) is 0 Å². The van der Waals surface area contributed by atoms with E-state index in [1.807, 2.05) is 37.3 Å². The van der Waals surface area contributed by atoms with Gasteiger partial charge in [-0.05, 0) is 13.0 Å². The summed E-state index contributed by atoms with van der Waals surface area (Å²) >= 11 is 0. The van der Waals surface area contributed by atoms with Gasteiger partial charge >= 0.3 is 10.4 Å². The second-order valence-electron chi connectivity index (χ2n) is 3.28. The summed E-state index contributed by atoms with van der Waals surface area (Å²) in [4.78, 5) is 0. The monoisotopic (exact) mass is 272 g/mol. The molecule has 0 N–H and O–H groups in total. The molecule has 0 saturated heterocycles. The van der Waals surface area contributed by atoms with Crippen LogP contribution in [0.15, 0.2) is 30.3 Å². The van der Waals surface area contributed by atoms with Crippen LogP contribution in [0, 0.1) is 0 Å². The van der Waals surface area contributed by atoms with Crippen LogP contribution in [-0.4, -0.2) is 28.7 Å². The summed E-state index contributed by atoms with van der Waals surface area (Å²) < 4.78 is 35.8. The molecule has 0 unspecified atom stereocenters. The fourth-order valence-electron chi connectivity index (χ4n) is 1.27. The third kappa shape index (κ3) is 4.87. The van der Waals surface area contributed by atoms with Gasteiger partial charge in [-0.2, -0.15) is 8.42 Å². The molecule has 0 aliphatic carbocycles. The SMILES string of the molecule is C/C=C/c1ccccc1OCCOS(=O)(=O)OC. The zero-order valence-corrected chi connectivity index (χ0v) is 11.1. The Bertz CT molecular complexity index is 493. The lowest BCUT2D eigenvalue weighted by Gasteiger charge is -2.09. The van der Waals surface area contributed by atoms with E-state index >= 15 is 0 Å². The van der Waals surface area contributed by atoms with Crippen molar-refractivity contribution in [1.29, 1.82) is 0 Å². The molecular formula is C12H16O5S. The average Bonchev–Trinajstić information content (AvgIpc) is 2.37. The van der Waals surface area contributed by atoms with Crippen LogP contribution in [0.3, 0.4) is 0 Å². The summed E-state index contributed by atoms with van der Waals surface area (Å²) in [5.41, 5.74) is 0.926. The normalized spacial score (nSPS) is 11.9. The number of allylic oxidation sites excluding steroid dienone is 1. The highest BCUT2D eigenvalue weighted by atomic mass is 32.3. The Balaban J connectivity index is 2.49. The third-order valence-corrected chi connectivity index (χ3v) is 2.90. The Morgan fingerprint density at radius 3 is 2.61 bits per heavy atom. The van der Waals surface area contributed by atoms with Gasteiger partial charge in [-0.25, -0.2) is 4.18 Å². The molecule has 0 amide bonds. The number of ether oxygens (including phenoxy) is 1. The molecule has 1 aromatic carbocycles. The second-order valence-corrected chi connectivity index (χ2v) is 4.67. The Hall–Kier alpha value is -1.37. The molecular weight excluding hydrogens is 256 g/mol. The minimum Gasteiger partial charge on any atom is -0.491 e. The fourth-order valence-corrected chi connectivity index (χ4v) is 1.63. The largest absolute Gasteiger partial charge is 0.491 e. The van der Waals surface area contributed by atoms with E-state index in [9.17, 15) is 8.42 Å². The predicted molar refractivity (Wildman–Crippen MR) is 68.5 cm³/mol. The molecule has 0 heterocycles. The van der Waals surface area contributed by atoms with E-state index in [-0.39, 0.29) is 13.2 Å². The highest BCUT2D eigenvalue weighted by molar-refractivity contribution is 7.81. The predicted octanol–water partition coefficient (Wildman–Crippen LogP) is 2.01. The summed E-state index contributed by atoms with van der Waals surface area (Å²) in [6.45, 7) is 1.93. The number of benzene rings is 1. The van der Waals surface area contributed by atoms with Crippen LogP contribution in [0.1, 0.15) is 12.5 Å². The molecule has 0 radical (unpaired) electrons. The molecule has 0 aliphatic rings. The number of rotatable bonds is 7. The maximum absolute atomic E-state index is 10.9. The van der Waals surface area contributed by atoms with E-state index in [2.05, 4.69) is 8.37 Å². The van der Waals surface area contributed by atoms with E-state index in [4.69, 9.17) is 4.74 Å². The molecule has 1 rings (SSSR count). The molecule has 5 nitrogen and oxygen atoms in total. The van der Waals surface area contributed by atoms with E-state index in [0.717, 1.165) is 12.7 Å². The van der Waals surface area contributed by atoms with Crippen LogP contribution >= 0.6 is 0 Å². The molecule has 100 valence electrons. The van der Waals surface area contributed by atoms with Gasteiger partial charge in [-0.1, -0.05) is 30.4 Å². The summed E-state index contributed by atoms with van der Waals surface area (Å²) in [5, 5.41) is 0. The first-order valence-electron chi connectivity index (χ1n) is 5.38. The number of hydrogen-bond donors (Lipinski definition) is 0. The van der Waals surface area contributed by atoms with Crippen molar-refractivity contribution >= 4 is 16.5 Å². The molecule has 0 fully saturated rings. The molecule has 0 aromatic heterocycles. The number of hydrogen-bond acceptors (Lipinski definition) is 5. The zero-order valence-electron chi connectivity index (χ0n) is 10.3. The van der Waals surface area contributed by atoms with Crippen molar-refractivity contribution in [1.82, 2.24) is 0 Å². The molecule has 1 aromatic rings. The van der Waals surface area contributed by atoms with Crippen molar-refractivity contribution in [3.63, 3.8) is 0 Å². The van der Waals surface area contributed by atoms with Gasteiger partial charge in [0.1, 0.15) is 19.0 Å². The maximum atomic E-state index is 10.9. The Kier molecular flexibility index (Phi) is 5.84. The van der Waals surface area contributed by atoms with E-state index in [0.29, 0.717) is 5.75 Å². The van der Waals surface area contributed by atoms with E-state index < -0.39 is 10.4 Å². The first kappa shape index (κ1) is 14.7. The smallest absolute Gasteiger partial charge is 0.399 e. The average molecular weight is 272 g/mol. The van der Waals surface area contributed by atoms with Gasteiger partial charge in [0.05, 0.1) is 7.11 Å². The molecule has 18 heavy (non-hydrogen) atoms. The van der Waals surface area contributed by atoms with Gasteiger partial charge in [-0.15, -0.1) is 0 Å². The molecule has 0 atom stereocenters. The minimum absolute atomic E-state index is 0.0969. The Morgan fingerprint density at radius 1 is 1.22 bits per heavy atom.